The number of benzene rings is 1. The van der Waals surface area contributed by atoms with Gasteiger partial charge in [0, 0.05) is 6.54 Å². The molecule has 1 N–H and O–H groups in total. The van der Waals surface area contributed by atoms with E-state index < -0.39 is 0 Å². The number of aromatic nitrogens is 2. The lowest BCUT2D eigenvalue weighted by Gasteiger charge is -2.21. The Morgan fingerprint density at radius 1 is 1.24 bits per heavy atom. The van der Waals surface area contributed by atoms with Gasteiger partial charge >= 0.3 is 0 Å². The smallest absolute Gasteiger partial charge is 0.123 e. The standard InChI is InChI=1S/C17H24FN3/c1-5-14-11-16(21(7-3)20-14)17(19-6-2)15-9-8-13(18)10-12(15)4/h8-11,17,19H,5-7H2,1-4H3. The van der Waals surface area contributed by atoms with Crippen LogP contribution in [0.1, 0.15) is 49.3 Å². The fraction of sp³-hybridized carbons (Fsp3) is 0.471. The van der Waals surface area contributed by atoms with Gasteiger partial charge in [-0.15, -0.1) is 0 Å². The molecule has 0 fully saturated rings. The molecular weight excluding hydrogens is 265 g/mol. The molecule has 0 saturated carbocycles. The highest BCUT2D eigenvalue weighted by Gasteiger charge is 2.20. The van der Waals surface area contributed by atoms with E-state index in [4.69, 9.17) is 0 Å². The van der Waals surface area contributed by atoms with Crippen molar-refractivity contribution < 1.29 is 4.39 Å². The molecule has 1 heterocycles. The van der Waals surface area contributed by atoms with Crippen LogP contribution in [-0.4, -0.2) is 16.3 Å². The van der Waals surface area contributed by atoms with Crippen LogP contribution in [0.25, 0.3) is 0 Å². The molecule has 4 heteroatoms. The summed E-state index contributed by atoms with van der Waals surface area (Å²) in [4.78, 5) is 0. The van der Waals surface area contributed by atoms with E-state index in [0.717, 1.165) is 42.0 Å². The Morgan fingerprint density at radius 3 is 2.57 bits per heavy atom. The first-order valence-electron chi connectivity index (χ1n) is 7.66. The molecule has 0 aliphatic carbocycles. The van der Waals surface area contributed by atoms with Crippen LogP contribution in [0.3, 0.4) is 0 Å². The van der Waals surface area contributed by atoms with Crippen molar-refractivity contribution in [2.45, 2.75) is 46.7 Å². The van der Waals surface area contributed by atoms with E-state index in [2.05, 4.69) is 37.3 Å². The van der Waals surface area contributed by atoms with E-state index in [1.165, 1.54) is 6.07 Å². The van der Waals surface area contributed by atoms with Crippen molar-refractivity contribution in [1.82, 2.24) is 15.1 Å². The summed E-state index contributed by atoms with van der Waals surface area (Å²) in [6.07, 6.45) is 0.918. The molecule has 1 atom stereocenters. The number of nitrogens with one attached hydrogen (secondary N) is 1. The lowest BCUT2D eigenvalue weighted by atomic mass is 9.98. The Balaban J connectivity index is 2.50. The van der Waals surface area contributed by atoms with Crippen LogP contribution in [0.2, 0.25) is 0 Å². The lowest BCUT2D eigenvalue weighted by Crippen LogP contribution is -2.25. The maximum absolute atomic E-state index is 13.4. The monoisotopic (exact) mass is 289 g/mol. The van der Waals surface area contributed by atoms with E-state index in [0.29, 0.717) is 0 Å². The van der Waals surface area contributed by atoms with Gasteiger partial charge in [-0.25, -0.2) is 4.39 Å². The number of hydrogen-bond acceptors (Lipinski definition) is 2. The number of rotatable bonds is 6. The maximum Gasteiger partial charge on any atom is 0.123 e. The molecule has 0 bridgehead atoms. The summed E-state index contributed by atoms with van der Waals surface area (Å²) in [6.45, 7) is 9.92. The third-order valence-corrected chi connectivity index (χ3v) is 3.77. The Morgan fingerprint density at radius 2 is 2.00 bits per heavy atom. The van der Waals surface area contributed by atoms with Crippen molar-refractivity contribution >= 4 is 0 Å². The van der Waals surface area contributed by atoms with Crippen LogP contribution in [0.4, 0.5) is 4.39 Å². The molecule has 2 rings (SSSR count). The largest absolute Gasteiger partial charge is 0.305 e. The van der Waals surface area contributed by atoms with E-state index in [1.54, 1.807) is 6.07 Å². The molecule has 21 heavy (non-hydrogen) atoms. The molecule has 0 saturated heterocycles. The minimum atomic E-state index is -0.190. The Kier molecular flexibility index (Phi) is 5.12. The van der Waals surface area contributed by atoms with Crippen molar-refractivity contribution in [3.05, 3.63) is 52.6 Å². The van der Waals surface area contributed by atoms with Crippen LogP contribution in [0.5, 0.6) is 0 Å². The Bertz CT molecular complexity index is 604. The van der Waals surface area contributed by atoms with Gasteiger partial charge < -0.3 is 5.32 Å². The summed E-state index contributed by atoms with van der Waals surface area (Å²) in [6, 6.07) is 7.19. The quantitative estimate of drug-likeness (QED) is 0.880. The first kappa shape index (κ1) is 15.7. The zero-order chi connectivity index (χ0) is 15.4. The van der Waals surface area contributed by atoms with Crippen molar-refractivity contribution in [1.29, 1.82) is 0 Å². The molecule has 1 aromatic carbocycles. The molecule has 1 unspecified atom stereocenters. The van der Waals surface area contributed by atoms with Gasteiger partial charge in [0.25, 0.3) is 0 Å². The first-order valence-corrected chi connectivity index (χ1v) is 7.66. The van der Waals surface area contributed by atoms with Gasteiger partial charge in [-0.05, 0) is 56.1 Å². The van der Waals surface area contributed by atoms with Gasteiger partial charge in [0.15, 0.2) is 0 Å². The molecule has 1 aromatic heterocycles. The average Bonchev–Trinajstić information content (AvgIpc) is 2.88. The van der Waals surface area contributed by atoms with Gasteiger partial charge in [0.2, 0.25) is 0 Å². The normalized spacial score (nSPS) is 12.6. The molecular formula is C17H24FN3. The lowest BCUT2D eigenvalue weighted by molar-refractivity contribution is 0.537. The summed E-state index contributed by atoms with van der Waals surface area (Å²) < 4.78 is 15.4. The molecule has 0 aliphatic heterocycles. The molecule has 2 aromatic rings. The van der Waals surface area contributed by atoms with Crippen LogP contribution in [-0.2, 0) is 13.0 Å². The molecule has 0 spiro atoms. The van der Waals surface area contributed by atoms with Gasteiger partial charge in [-0.2, -0.15) is 5.10 Å². The van der Waals surface area contributed by atoms with E-state index in [1.807, 2.05) is 17.7 Å². The van der Waals surface area contributed by atoms with Gasteiger partial charge in [0.1, 0.15) is 5.82 Å². The minimum Gasteiger partial charge on any atom is -0.305 e. The van der Waals surface area contributed by atoms with Gasteiger partial charge in [-0.1, -0.05) is 19.9 Å². The summed E-state index contributed by atoms with van der Waals surface area (Å²) in [5, 5.41) is 8.13. The SMILES string of the molecule is CCNC(c1ccc(F)cc1C)c1cc(CC)nn1CC. The topological polar surface area (TPSA) is 29.9 Å². The second-order valence-corrected chi connectivity index (χ2v) is 5.22. The van der Waals surface area contributed by atoms with Crippen molar-refractivity contribution in [2.75, 3.05) is 6.54 Å². The van der Waals surface area contributed by atoms with Crippen LogP contribution in [0, 0.1) is 12.7 Å². The molecule has 0 aliphatic rings. The third kappa shape index (κ3) is 3.32. The Hall–Kier alpha value is -1.68. The van der Waals surface area contributed by atoms with Crippen molar-refractivity contribution in [3.63, 3.8) is 0 Å². The molecule has 3 nitrogen and oxygen atoms in total. The summed E-state index contributed by atoms with van der Waals surface area (Å²) >= 11 is 0. The fourth-order valence-corrected chi connectivity index (χ4v) is 2.69. The van der Waals surface area contributed by atoms with Crippen LogP contribution in [0.15, 0.2) is 24.3 Å². The van der Waals surface area contributed by atoms with Crippen LogP contribution >= 0.6 is 0 Å². The van der Waals surface area contributed by atoms with E-state index in [9.17, 15) is 4.39 Å². The molecule has 0 amide bonds. The van der Waals surface area contributed by atoms with E-state index in [-0.39, 0.29) is 11.9 Å². The number of nitrogens with zero attached hydrogens (tertiary/aromatic N) is 2. The summed E-state index contributed by atoms with van der Waals surface area (Å²) in [7, 11) is 0. The second-order valence-electron chi connectivity index (χ2n) is 5.22. The average molecular weight is 289 g/mol. The number of halogens is 1. The zero-order valence-electron chi connectivity index (χ0n) is 13.3. The highest BCUT2D eigenvalue weighted by atomic mass is 19.1. The van der Waals surface area contributed by atoms with Crippen molar-refractivity contribution in [2.24, 2.45) is 0 Å². The zero-order valence-corrected chi connectivity index (χ0v) is 13.3. The maximum atomic E-state index is 13.4. The summed E-state index contributed by atoms with van der Waals surface area (Å²) in [5.74, 6) is -0.190. The van der Waals surface area contributed by atoms with E-state index >= 15 is 0 Å². The molecule has 0 radical (unpaired) electrons. The van der Waals surface area contributed by atoms with Crippen molar-refractivity contribution in [3.8, 4) is 0 Å². The van der Waals surface area contributed by atoms with Crippen LogP contribution < -0.4 is 5.32 Å². The van der Waals surface area contributed by atoms with Gasteiger partial charge in [-0.3, -0.25) is 4.68 Å². The predicted molar refractivity (Wildman–Crippen MR) is 83.9 cm³/mol. The minimum absolute atomic E-state index is 0.0448. The highest BCUT2D eigenvalue weighted by molar-refractivity contribution is 5.35. The predicted octanol–water partition coefficient (Wildman–Crippen LogP) is 3.61. The third-order valence-electron chi connectivity index (χ3n) is 3.77. The second kappa shape index (κ2) is 6.85. The summed E-state index contributed by atoms with van der Waals surface area (Å²) in [5.41, 5.74) is 4.30. The number of hydrogen-bond donors (Lipinski definition) is 1. The highest BCUT2D eigenvalue weighted by Crippen LogP contribution is 2.26. The molecule has 114 valence electrons. The van der Waals surface area contributed by atoms with Gasteiger partial charge in [0.05, 0.1) is 17.4 Å². The fourth-order valence-electron chi connectivity index (χ4n) is 2.69. The Labute approximate surface area is 126 Å². The first-order chi connectivity index (χ1) is 10.1. The number of aryl methyl sites for hydroxylation is 3.